The lowest BCUT2D eigenvalue weighted by atomic mass is 9.96. The summed E-state index contributed by atoms with van der Waals surface area (Å²) < 4.78 is 5.62. The number of hydrogen-bond acceptors (Lipinski definition) is 3. The van der Waals surface area contributed by atoms with E-state index < -0.39 is 0 Å². The molecule has 1 aliphatic heterocycles. The largest absolute Gasteiger partial charge is 0.496 e. The number of para-hydroxylation sites is 1. The molecule has 1 unspecified atom stereocenters. The van der Waals surface area contributed by atoms with Crippen molar-refractivity contribution in [1.29, 1.82) is 0 Å². The number of benzene rings is 2. The molecule has 2 aromatic rings. The van der Waals surface area contributed by atoms with Crippen LogP contribution in [0.5, 0.6) is 5.75 Å². The number of hydrogen-bond donors (Lipinski definition) is 1. The highest BCUT2D eigenvalue weighted by Gasteiger charge is 2.25. The van der Waals surface area contributed by atoms with Crippen LogP contribution in [0.15, 0.2) is 48.5 Å². The summed E-state index contributed by atoms with van der Waals surface area (Å²) in [5, 5.41) is 4.25. The average molecular weight is 331 g/mol. The molecule has 1 aliphatic rings. The molecule has 1 N–H and O–H groups in total. The standard InChI is InChI=1S/C19H23ClN2O/c1-23-18-9-3-2-8-17(18)19(15-6-4-7-16(20)14-15)22-12-5-10-21-11-13-22/h2-4,6-9,14,19,21H,5,10-13H2,1H3. The van der Waals surface area contributed by atoms with Gasteiger partial charge in [-0.2, -0.15) is 0 Å². The molecule has 4 heteroatoms. The van der Waals surface area contributed by atoms with Gasteiger partial charge in [0.2, 0.25) is 0 Å². The zero-order valence-corrected chi connectivity index (χ0v) is 14.2. The molecule has 1 saturated heterocycles. The SMILES string of the molecule is COc1ccccc1C(c1cccc(Cl)c1)N1CCCNCC1. The third-order valence-electron chi connectivity index (χ3n) is 4.34. The fraction of sp³-hybridized carbons (Fsp3) is 0.368. The van der Waals surface area contributed by atoms with Crippen molar-refractivity contribution in [3.8, 4) is 5.75 Å². The maximum absolute atomic E-state index is 6.26. The molecule has 23 heavy (non-hydrogen) atoms. The van der Waals surface area contributed by atoms with Crippen molar-refractivity contribution < 1.29 is 4.74 Å². The van der Waals surface area contributed by atoms with Gasteiger partial charge in [0, 0.05) is 30.2 Å². The van der Waals surface area contributed by atoms with Crippen molar-refractivity contribution in [3.63, 3.8) is 0 Å². The quantitative estimate of drug-likeness (QED) is 0.924. The van der Waals surface area contributed by atoms with Gasteiger partial charge in [-0.3, -0.25) is 4.90 Å². The number of ether oxygens (including phenoxy) is 1. The minimum absolute atomic E-state index is 0.157. The molecule has 0 saturated carbocycles. The molecule has 3 rings (SSSR count). The van der Waals surface area contributed by atoms with Crippen LogP contribution in [-0.4, -0.2) is 38.2 Å². The van der Waals surface area contributed by atoms with E-state index in [1.165, 1.54) is 11.1 Å². The van der Waals surface area contributed by atoms with Crippen molar-refractivity contribution in [1.82, 2.24) is 10.2 Å². The van der Waals surface area contributed by atoms with E-state index in [9.17, 15) is 0 Å². The van der Waals surface area contributed by atoms with Crippen LogP contribution in [0.25, 0.3) is 0 Å². The Morgan fingerprint density at radius 1 is 1.09 bits per heavy atom. The van der Waals surface area contributed by atoms with E-state index in [2.05, 4.69) is 34.5 Å². The summed E-state index contributed by atoms with van der Waals surface area (Å²) in [6.45, 7) is 4.15. The Balaban J connectivity index is 2.05. The lowest BCUT2D eigenvalue weighted by molar-refractivity contribution is 0.236. The lowest BCUT2D eigenvalue weighted by Gasteiger charge is -2.32. The van der Waals surface area contributed by atoms with E-state index in [1.807, 2.05) is 24.3 Å². The summed E-state index contributed by atoms with van der Waals surface area (Å²) in [7, 11) is 1.73. The molecule has 0 bridgehead atoms. The minimum Gasteiger partial charge on any atom is -0.496 e. The fourth-order valence-electron chi connectivity index (χ4n) is 3.28. The van der Waals surface area contributed by atoms with Crippen LogP contribution < -0.4 is 10.1 Å². The monoisotopic (exact) mass is 330 g/mol. The molecule has 0 aliphatic carbocycles. The van der Waals surface area contributed by atoms with Crippen LogP contribution in [0.1, 0.15) is 23.6 Å². The Morgan fingerprint density at radius 3 is 2.78 bits per heavy atom. The zero-order chi connectivity index (χ0) is 16.1. The van der Waals surface area contributed by atoms with Crippen molar-refractivity contribution in [2.24, 2.45) is 0 Å². The predicted molar refractivity (Wildman–Crippen MR) is 95.3 cm³/mol. The van der Waals surface area contributed by atoms with Gasteiger partial charge < -0.3 is 10.1 Å². The van der Waals surface area contributed by atoms with E-state index in [1.54, 1.807) is 7.11 Å². The van der Waals surface area contributed by atoms with Crippen LogP contribution in [0.4, 0.5) is 0 Å². The normalized spacial score (nSPS) is 17.5. The molecule has 1 fully saturated rings. The molecule has 0 aromatic heterocycles. The van der Waals surface area contributed by atoms with Crippen LogP contribution in [-0.2, 0) is 0 Å². The second-order valence-corrected chi connectivity index (χ2v) is 6.28. The maximum Gasteiger partial charge on any atom is 0.123 e. The number of halogens is 1. The lowest BCUT2D eigenvalue weighted by Crippen LogP contribution is -2.33. The first-order valence-electron chi connectivity index (χ1n) is 8.13. The van der Waals surface area contributed by atoms with Crippen molar-refractivity contribution in [3.05, 3.63) is 64.7 Å². The summed E-state index contributed by atoms with van der Waals surface area (Å²) in [6.07, 6.45) is 1.15. The molecule has 1 atom stereocenters. The van der Waals surface area contributed by atoms with Crippen LogP contribution in [0, 0.1) is 0 Å². The number of nitrogens with zero attached hydrogens (tertiary/aromatic N) is 1. The molecule has 3 nitrogen and oxygen atoms in total. The number of rotatable bonds is 4. The van der Waals surface area contributed by atoms with E-state index in [4.69, 9.17) is 16.3 Å². The van der Waals surface area contributed by atoms with Crippen LogP contribution in [0.3, 0.4) is 0 Å². The molecule has 1 heterocycles. The van der Waals surface area contributed by atoms with Gasteiger partial charge in [0.15, 0.2) is 0 Å². The second-order valence-electron chi connectivity index (χ2n) is 5.84. The summed E-state index contributed by atoms with van der Waals surface area (Å²) in [5.41, 5.74) is 2.41. The Labute approximate surface area is 143 Å². The van der Waals surface area contributed by atoms with Crippen molar-refractivity contribution in [2.75, 3.05) is 33.3 Å². The van der Waals surface area contributed by atoms with E-state index >= 15 is 0 Å². The van der Waals surface area contributed by atoms with Gasteiger partial charge in [0.1, 0.15) is 5.75 Å². The second kappa shape index (κ2) is 7.82. The van der Waals surface area contributed by atoms with Gasteiger partial charge in [-0.15, -0.1) is 0 Å². The first-order valence-corrected chi connectivity index (χ1v) is 8.50. The highest BCUT2D eigenvalue weighted by molar-refractivity contribution is 6.30. The first kappa shape index (κ1) is 16.3. The molecule has 0 amide bonds. The summed E-state index contributed by atoms with van der Waals surface area (Å²) in [5.74, 6) is 0.926. The minimum atomic E-state index is 0.157. The van der Waals surface area contributed by atoms with Crippen molar-refractivity contribution in [2.45, 2.75) is 12.5 Å². The Hall–Kier alpha value is -1.55. The van der Waals surface area contributed by atoms with Crippen LogP contribution >= 0.6 is 11.6 Å². The maximum atomic E-state index is 6.26. The van der Waals surface area contributed by atoms with Crippen LogP contribution in [0.2, 0.25) is 5.02 Å². The van der Waals surface area contributed by atoms with E-state index in [0.29, 0.717) is 0 Å². The van der Waals surface area contributed by atoms with Gasteiger partial charge in [0.25, 0.3) is 0 Å². The molecule has 0 spiro atoms. The van der Waals surface area contributed by atoms with Gasteiger partial charge in [-0.25, -0.2) is 0 Å². The molecule has 2 aromatic carbocycles. The number of methoxy groups -OCH3 is 1. The highest BCUT2D eigenvalue weighted by atomic mass is 35.5. The summed E-state index contributed by atoms with van der Waals surface area (Å²) >= 11 is 6.26. The third kappa shape index (κ3) is 3.86. The van der Waals surface area contributed by atoms with Gasteiger partial charge in [-0.1, -0.05) is 41.9 Å². The topological polar surface area (TPSA) is 24.5 Å². The Bertz CT molecular complexity index is 639. The van der Waals surface area contributed by atoms with Crippen molar-refractivity contribution >= 4 is 11.6 Å². The Morgan fingerprint density at radius 2 is 1.96 bits per heavy atom. The van der Waals surface area contributed by atoms with Gasteiger partial charge in [-0.05, 0) is 36.7 Å². The summed E-state index contributed by atoms with van der Waals surface area (Å²) in [4.78, 5) is 2.52. The number of nitrogens with one attached hydrogen (secondary N) is 1. The van der Waals surface area contributed by atoms with E-state index in [0.717, 1.165) is 43.4 Å². The average Bonchev–Trinajstić information content (AvgIpc) is 2.85. The predicted octanol–water partition coefficient (Wildman–Crippen LogP) is 3.73. The first-order chi connectivity index (χ1) is 11.3. The summed E-state index contributed by atoms with van der Waals surface area (Å²) in [6, 6.07) is 16.6. The highest BCUT2D eigenvalue weighted by Crippen LogP contribution is 2.35. The zero-order valence-electron chi connectivity index (χ0n) is 13.5. The Kier molecular flexibility index (Phi) is 5.55. The van der Waals surface area contributed by atoms with E-state index in [-0.39, 0.29) is 6.04 Å². The molecular weight excluding hydrogens is 308 g/mol. The van der Waals surface area contributed by atoms with Gasteiger partial charge >= 0.3 is 0 Å². The smallest absolute Gasteiger partial charge is 0.123 e. The van der Waals surface area contributed by atoms with Gasteiger partial charge in [0.05, 0.1) is 13.2 Å². The third-order valence-corrected chi connectivity index (χ3v) is 4.57. The fourth-order valence-corrected chi connectivity index (χ4v) is 3.48. The molecular formula is C19H23ClN2O. The molecule has 0 radical (unpaired) electrons. The molecule has 122 valence electrons.